The molecule has 17 heavy (non-hydrogen) atoms. The molecule has 1 atom stereocenters. The molecule has 1 saturated heterocycles. The van der Waals surface area contributed by atoms with Gasteiger partial charge in [0.05, 0.1) is 0 Å². The van der Waals surface area contributed by atoms with E-state index in [2.05, 4.69) is 20.8 Å². The quantitative estimate of drug-likeness (QED) is 0.628. The summed E-state index contributed by atoms with van der Waals surface area (Å²) in [5.41, 5.74) is 0. The third kappa shape index (κ3) is 4.69. The standard InChI is InChI=1S/C5H9O.C4H9.2C2H5O.Sn/c1-2-4-6-5-3-1;1-3-4-2;2*1-2-3;/h4H,1-3,5H2;1,3-4H2,2H3;2*2H2,1H3;/q;;2*-1;+2. The van der Waals surface area contributed by atoms with Crippen LogP contribution in [0.15, 0.2) is 0 Å². The first kappa shape index (κ1) is 15.7. The van der Waals surface area contributed by atoms with Crippen molar-refractivity contribution in [3.8, 4) is 0 Å². The van der Waals surface area contributed by atoms with Gasteiger partial charge in [0.2, 0.25) is 0 Å². The zero-order valence-corrected chi connectivity index (χ0v) is 14.5. The van der Waals surface area contributed by atoms with Crippen molar-refractivity contribution in [3.05, 3.63) is 0 Å². The van der Waals surface area contributed by atoms with Crippen LogP contribution in [0.4, 0.5) is 0 Å². The van der Waals surface area contributed by atoms with Crippen molar-refractivity contribution in [2.24, 2.45) is 0 Å². The van der Waals surface area contributed by atoms with Gasteiger partial charge in [-0.2, -0.15) is 0 Å². The first-order valence-electron chi connectivity index (χ1n) is 7.18. The van der Waals surface area contributed by atoms with E-state index in [9.17, 15) is 0 Å². The topological polar surface area (TPSA) is 27.7 Å². The second-order valence-corrected chi connectivity index (χ2v) is 14.2. The van der Waals surface area contributed by atoms with Crippen LogP contribution in [-0.2, 0) is 10.9 Å². The molecule has 4 heteroatoms. The third-order valence-corrected chi connectivity index (χ3v) is 14.9. The summed E-state index contributed by atoms with van der Waals surface area (Å²) in [6.07, 6.45) is 6.06. The van der Waals surface area contributed by atoms with Crippen molar-refractivity contribution in [1.29, 1.82) is 0 Å². The van der Waals surface area contributed by atoms with E-state index >= 15 is 0 Å². The Bertz CT molecular complexity index is 187. The van der Waals surface area contributed by atoms with Gasteiger partial charge in [0.15, 0.2) is 0 Å². The minimum absolute atomic E-state index is 0.324. The van der Waals surface area contributed by atoms with Crippen LogP contribution < -0.4 is 0 Å². The molecular formula is C13H28O3Sn. The average Bonchev–Trinajstić information content (AvgIpc) is 2.37. The Labute approximate surface area is 111 Å². The van der Waals surface area contributed by atoms with E-state index in [-0.39, 0.29) is 0 Å². The fourth-order valence-corrected chi connectivity index (χ4v) is 13.7. The molecule has 0 aromatic heterocycles. The van der Waals surface area contributed by atoms with E-state index in [0.717, 1.165) is 30.7 Å². The normalized spacial score (nSPS) is 21.7. The molecule has 1 heterocycles. The molecule has 1 fully saturated rings. The molecule has 0 aliphatic carbocycles. The van der Waals surface area contributed by atoms with Gasteiger partial charge >= 0.3 is 111 Å². The number of hydrogen-bond donors (Lipinski definition) is 0. The SMILES string of the molecule is CCC[CH2][Sn]([O]CC)([O]CC)[CH]1CCCCO1. The van der Waals surface area contributed by atoms with E-state index in [1.54, 1.807) is 0 Å². The Morgan fingerprint density at radius 2 is 1.82 bits per heavy atom. The first-order chi connectivity index (χ1) is 8.29. The molecule has 0 radical (unpaired) electrons. The molecule has 0 saturated carbocycles. The zero-order valence-electron chi connectivity index (χ0n) is 11.7. The average molecular weight is 351 g/mol. The Morgan fingerprint density at radius 3 is 2.29 bits per heavy atom. The van der Waals surface area contributed by atoms with E-state index < -0.39 is 19.2 Å². The predicted molar refractivity (Wildman–Crippen MR) is 72.3 cm³/mol. The molecule has 102 valence electrons. The molecule has 0 amide bonds. The Kier molecular flexibility index (Phi) is 8.07. The van der Waals surface area contributed by atoms with Gasteiger partial charge in [0.1, 0.15) is 0 Å². The van der Waals surface area contributed by atoms with Gasteiger partial charge in [0, 0.05) is 0 Å². The van der Waals surface area contributed by atoms with Crippen molar-refractivity contribution in [2.45, 2.75) is 61.4 Å². The van der Waals surface area contributed by atoms with Crippen LogP contribution in [0.3, 0.4) is 0 Å². The molecule has 3 nitrogen and oxygen atoms in total. The summed E-state index contributed by atoms with van der Waals surface area (Å²) in [6, 6.07) is 0. The van der Waals surface area contributed by atoms with Crippen LogP contribution in [0.1, 0.15) is 52.9 Å². The first-order valence-corrected chi connectivity index (χ1v) is 13.2. The van der Waals surface area contributed by atoms with Crippen molar-refractivity contribution in [2.75, 3.05) is 19.8 Å². The zero-order chi connectivity index (χ0) is 12.6. The second kappa shape index (κ2) is 8.72. The molecule has 0 aromatic rings. The molecule has 1 unspecified atom stereocenters. The predicted octanol–water partition coefficient (Wildman–Crippen LogP) is 3.41. The van der Waals surface area contributed by atoms with Crippen molar-refractivity contribution >= 4 is 19.2 Å². The van der Waals surface area contributed by atoms with E-state index in [4.69, 9.17) is 10.9 Å². The summed E-state index contributed by atoms with van der Waals surface area (Å²) < 4.78 is 19.8. The Balaban J connectivity index is 2.70. The van der Waals surface area contributed by atoms with Gasteiger partial charge in [-0.1, -0.05) is 0 Å². The molecule has 0 bridgehead atoms. The fraction of sp³-hybridized carbons (Fsp3) is 1.00. The van der Waals surface area contributed by atoms with Gasteiger partial charge in [0.25, 0.3) is 0 Å². The monoisotopic (exact) mass is 352 g/mol. The van der Waals surface area contributed by atoms with Crippen LogP contribution in [0, 0.1) is 0 Å². The molecule has 0 spiro atoms. The van der Waals surface area contributed by atoms with E-state index in [1.807, 2.05) is 0 Å². The minimum atomic E-state index is -2.98. The Hall–Kier alpha value is 0.679. The third-order valence-electron chi connectivity index (χ3n) is 3.33. The maximum atomic E-state index is 6.17. The van der Waals surface area contributed by atoms with Crippen molar-refractivity contribution in [1.82, 2.24) is 0 Å². The summed E-state index contributed by atoms with van der Waals surface area (Å²) in [4.78, 5) is 0. The molecule has 0 N–H and O–H groups in total. The fourth-order valence-electron chi connectivity index (χ4n) is 2.53. The van der Waals surface area contributed by atoms with Crippen LogP contribution in [-0.4, -0.2) is 43.1 Å². The number of unbranched alkanes of at least 4 members (excludes halogenated alkanes) is 1. The molecule has 1 aliphatic rings. The van der Waals surface area contributed by atoms with Crippen molar-refractivity contribution in [3.63, 3.8) is 0 Å². The van der Waals surface area contributed by atoms with Gasteiger partial charge in [-0.05, 0) is 0 Å². The van der Waals surface area contributed by atoms with Crippen LogP contribution in [0.2, 0.25) is 4.44 Å². The van der Waals surface area contributed by atoms with Crippen molar-refractivity contribution < 1.29 is 10.9 Å². The second-order valence-electron chi connectivity index (χ2n) is 4.64. The van der Waals surface area contributed by atoms with E-state index in [1.165, 1.54) is 25.7 Å². The maximum absolute atomic E-state index is 6.17. The molecule has 1 rings (SSSR count). The van der Waals surface area contributed by atoms with Crippen LogP contribution >= 0.6 is 0 Å². The van der Waals surface area contributed by atoms with E-state index in [0.29, 0.717) is 4.12 Å². The van der Waals surface area contributed by atoms with Gasteiger partial charge in [-0.15, -0.1) is 0 Å². The number of rotatable bonds is 8. The summed E-state index contributed by atoms with van der Waals surface area (Å²) in [6.45, 7) is 8.85. The van der Waals surface area contributed by atoms with Crippen LogP contribution in [0.25, 0.3) is 0 Å². The van der Waals surface area contributed by atoms with Gasteiger partial charge < -0.3 is 0 Å². The van der Waals surface area contributed by atoms with Crippen LogP contribution in [0.5, 0.6) is 0 Å². The summed E-state index contributed by atoms with van der Waals surface area (Å²) >= 11 is -2.98. The molecule has 0 aromatic carbocycles. The summed E-state index contributed by atoms with van der Waals surface area (Å²) in [7, 11) is 0. The van der Waals surface area contributed by atoms with Gasteiger partial charge in [-0.25, -0.2) is 0 Å². The molecular weight excluding hydrogens is 323 g/mol. The summed E-state index contributed by atoms with van der Waals surface area (Å²) in [5.74, 6) is 0. The molecule has 1 aliphatic heterocycles. The summed E-state index contributed by atoms with van der Waals surface area (Å²) in [5, 5.41) is 0. The number of ether oxygens (including phenoxy) is 1. The van der Waals surface area contributed by atoms with Gasteiger partial charge in [-0.3, -0.25) is 0 Å². The Morgan fingerprint density at radius 1 is 1.12 bits per heavy atom. The number of hydrogen-bond acceptors (Lipinski definition) is 3.